The highest BCUT2D eigenvalue weighted by atomic mass is 16.5. The maximum absolute atomic E-state index is 6.11. The second kappa shape index (κ2) is 7.69. The summed E-state index contributed by atoms with van der Waals surface area (Å²) in [5, 5.41) is 20.3. The molecule has 0 saturated heterocycles. The van der Waals surface area contributed by atoms with Gasteiger partial charge in [0.1, 0.15) is 17.4 Å². The Labute approximate surface area is 188 Å². The first kappa shape index (κ1) is 19.4. The van der Waals surface area contributed by atoms with Crippen LogP contribution in [-0.2, 0) is 13.5 Å². The van der Waals surface area contributed by atoms with Crippen molar-refractivity contribution in [2.75, 3.05) is 11.9 Å². The van der Waals surface area contributed by atoms with E-state index < -0.39 is 0 Å². The molecule has 1 N–H and O–H groups in total. The number of anilines is 2. The van der Waals surface area contributed by atoms with E-state index >= 15 is 0 Å². The number of hydrogen-bond acceptors (Lipinski definition) is 9. The lowest BCUT2D eigenvalue weighted by Crippen LogP contribution is -2.07. The summed E-state index contributed by atoms with van der Waals surface area (Å²) in [4.78, 5) is 8.99. The molecule has 0 fully saturated rings. The predicted octanol–water partition coefficient (Wildman–Crippen LogP) is 3.07. The molecule has 0 saturated carbocycles. The van der Waals surface area contributed by atoms with Crippen molar-refractivity contribution in [2.45, 2.75) is 25.7 Å². The molecule has 0 aliphatic carbocycles. The summed E-state index contributed by atoms with van der Waals surface area (Å²) in [5.74, 6) is 3.79. The zero-order valence-electron chi connectivity index (χ0n) is 18.1. The van der Waals surface area contributed by atoms with E-state index in [9.17, 15) is 0 Å². The smallest absolute Gasteiger partial charge is 0.228 e. The highest BCUT2D eigenvalue weighted by Gasteiger charge is 2.26. The number of aryl methyl sites for hydroxylation is 2. The highest BCUT2D eigenvalue weighted by molar-refractivity contribution is 5.67. The largest absolute Gasteiger partial charge is 0.478 e. The predicted molar refractivity (Wildman–Crippen MR) is 118 cm³/mol. The van der Waals surface area contributed by atoms with Crippen LogP contribution < -0.4 is 10.1 Å². The molecule has 0 spiro atoms. The van der Waals surface area contributed by atoms with Crippen LogP contribution in [0.4, 0.5) is 11.8 Å². The Morgan fingerprint density at radius 2 is 2.09 bits per heavy atom. The average molecular weight is 443 g/mol. The molecule has 11 nitrogen and oxygen atoms in total. The standard InChI is InChI=1S/C22H21N9O2/c1-13-9-16(33-29-13)10-14-5-8-32-20-12-15(11-19-27-28-21(14)31(19)20)17-3-6-23-22(25-17)26-18-4-7-24-30(18)2/h3-4,6-7,9,11-12,14H,5,8,10H2,1-2H3,(H,23,25,26). The van der Waals surface area contributed by atoms with Crippen molar-refractivity contribution in [3.8, 4) is 17.1 Å². The third-order valence-corrected chi connectivity index (χ3v) is 5.71. The van der Waals surface area contributed by atoms with Crippen molar-refractivity contribution in [2.24, 2.45) is 7.05 Å². The molecule has 6 rings (SSSR count). The minimum Gasteiger partial charge on any atom is -0.478 e. The summed E-state index contributed by atoms with van der Waals surface area (Å²) in [6, 6.07) is 9.60. The number of nitrogens with one attached hydrogen (secondary N) is 1. The van der Waals surface area contributed by atoms with Gasteiger partial charge in [-0.15, -0.1) is 10.2 Å². The maximum Gasteiger partial charge on any atom is 0.228 e. The molecule has 166 valence electrons. The molecular weight excluding hydrogens is 422 g/mol. The zero-order chi connectivity index (χ0) is 22.4. The Morgan fingerprint density at radius 3 is 2.91 bits per heavy atom. The second-order valence-electron chi connectivity index (χ2n) is 8.04. The van der Waals surface area contributed by atoms with E-state index in [-0.39, 0.29) is 5.92 Å². The van der Waals surface area contributed by atoms with Crippen LogP contribution in [0.3, 0.4) is 0 Å². The summed E-state index contributed by atoms with van der Waals surface area (Å²) < 4.78 is 15.2. The second-order valence-corrected chi connectivity index (χ2v) is 8.04. The molecule has 1 aliphatic rings. The fourth-order valence-corrected chi connectivity index (χ4v) is 4.10. The van der Waals surface area contributed by atoms with Crippen LogP contribution in [0, 0.1) is 6.92 Å². The van der Waals surface area contributed by atoms with Crippen LogP contribution in [-0.4, -0.2) is 46.1 Å². The van der Waals surface area contributed by atoms with Crippen molar-refractivity contribution < 1.29 is 9.26 Å². The zero-order valence-corrected chi connectivity index (χ0v) is 18.1. The van der Waals surface area contributed by atoms with Gasteiger partial charge in [0, 0.05) is 49.3 Å². The summed E-state index contributed by atoms with van der Waals surface area (Å²) in [6.07, 6.45) is 4.93. The minimum atomic E-state index is 0.119. The summed E-state index contributed by atoms with van der Waals surface area (Å²) >= 11 is 0. The molecule has 6 heterocycles. The lowest BCUT2D eigenvalue weighted by atomic mass is 9.99. The van der Waals surface area contributed by atoms with Gasteiger partial charge in [0.2, 0.25) is 11.8 Å². The van der Waals surface area contributed by atoms with Crippen LogP contribution >= 0.6 is 0 Å². The molecule has 1 unspecified atom stereocenters. The van der Waals surface area contributed by atoms with E-state index in [1.54, 1.807) is 17.1 Å². The first-order chi connectivity index (χ1) is 16.1. The van der Waals surface area contributed by atoms with Crippen LogP contribution in [0.25, 0.3) is 16.9 Å². The lowest BCUT2D eigenvalue weighted by molar-refractivity contribution is 0.292. The van der Waals surface area contributed by atoms with Gasteiger partial charge in [-0.05, 0) is 25.5 Å². The lowest BCUT2D eigenvalue weighted by Gasteiger charge is -2.10. The first-order valence-electron chi connectivity index (χ1n) is 10.7. The fourth-order valence-electron chi connectivity index (χ4n) is 4.10. The molecule has 1 atom stereocenters. The number of hydrogen-bond donors (Lipinski definition) is 1. The quantitative estimate of drug-likeness (QED) is 0.437. The topological polar surface area (TPSA) is 121 Å². The molecule has 33 heavy (non-hydrogen) atoms. The molecule has 0 aromatic carbocycles. The number of rotatable bonds is 5. The van der Waals surface area contributed by atoms with Gasteiger partial charge >= 0.3 is 0 Å². The number of ether oxygens (including phenoxy) is 1. The molecule has 11 heteroatoms. The van der Waals surface area contributed by atoms with Gasteiger partial charge in [0.25, 0.3) is 0 Å². The van der Waals surface area contributed by atoms with Gasteiger partial charge in [-0.3, -0.25) is 4.68 Å². The Bertz CT molecular complexity index is 1450. The number of aromatic nitrogens is 8. The molecule has 1 aliphatic heterocycles. The summed E-state index contributed by atoms with van der Waals surface area (Å²) in [7, 11) is 1.85. The maximum atomic E-state index is 6.11. The van der Waals surface area contributed by atoms with Gasteiger partial charge in [0.05, 0.1) is 24.2 Å². The van der Waals surface area contributed by atoms with Crippen molar-refractivity contribution in [3.63, 3.8) is 0 Å². The van der Waals surface area contributed by atoms with Crippen LogP contribution in [0.15, 0.2) is 47.2 Å². The van der Waals surface area contributed by atoms with Gasteiger partial charge in [-0.1, -0.05) is 5.16 Å². The van der Waals surface area contributed by atoms with Crippen molar-refractivity contribution in [1.82, 2.24) is 39.5 Å². The normalized spacial score (nSPS) is 15.4. The Balaban J connectivity index is 1.35. The summed E-state index contributed by atoms with van der Waals surface area (Å²) in [6.45, 7) is 2.48. The Morgan fingerprint density at radius 1 is 1.15 bits per heavy atom. The SMILES string of the molecule is Cc1cc(CC2CCOc3cc(-c4ccnc(Nc5ccnn5C)n4)cc4nnc2n34)on1. The van der Waals surface area contributed by atoms with Crippen LogP contribution in [0.5, 0.6) is 5.88 Å². The highest BCUT2D eigenvalue weighted by Crippen LogP contribution is 2.33. The Hall–Kier alpha value is -4.28. The van der Waals surface area contributed by atoms with Crippen LogP contribution in [0.1, 0.15) is 29.6 Å². The molecule has 0 radical (unpaired) electrons. The van der Waals surface area contributed by atoms with Crippen molar-refractivity contribution in [3.05, 3.63) is 60.0 Å². The Kier molecular flexibility index (Phi) is 4.52. The van der Waals surface area contributed by atoms with Gasteiger partial charge < -0.3 is 14.6 Å². The van der Waals surface area contributed by atoms with E-state index in [2.05, 4.69) is 35.7 Å². The van der Waals surface area contributed by atoms with Crippen molar-refractivity contribution in [1.29, 1.82) is 0 Å². The average Bonchev–Trinajstić information content (AvgIpc) is 3.50. The van der Waals surface area contributed by atoms with E-state index in [0.717, 1.165) is 40.8 Å². The van der Waals surface area contributed by atoms with Crippen molar-refractivity contribution >= 4 is 17.4 Å². The third-order valence-electron chi connectivity index (χ3n) is 5.71. The third kappa shape index (κ3) is 3.56. The monoisotopic (exact) mass is 443 g/mol. The summed E-state index contributed by atoms with van der Waals surface area (Å²) in [5.41, 5.74) is 3.20. The van der Waals surface area contributed by atoms with E-state index in [1.807, 2.05) is 48.7 Å². The first-order valence-corrected chi connectivity index (χ1v) is 10.7. The van der Waals surface area contributed by atoms with Gasteiger partial charge in [0.15, 0.2) is 5.65 Å². The van der Waals surface area contributed by atoms with E-state index in [4.69, 9.17) is 9.26 Å². The van der Waals surface area contributed by atoms with Gasteiger partial charge in [-0.2, -0.15) is 5.10 Å². The number of nitrogens with zero attached hydrogens (tertiary/aromatic N) is 8. The van der Waals surface area contributed by atoms with E-state index in [1.165, 1.54) is 0 Å². The minimum absolute atomic E-state index is 0.119. The fraction of sp³-hybridized carbons (Fsp3) is 0.273. The molecular formula is C22H21N9O2. The number of pyridine rings is 1. The molecule has 5 aromatic heterocycles. The van der Waals surface area contributed by atoms with E-state index in [0.29, 0.717) is 30.5 Å². The van der Waals surface area contributed by atoms with Gasteiger partial charge in [-0.25, -0.2) is 14.4 Å². The van der Waals surface area contributed by atoms with Crippen LogP contribution in [0.2, 0.25) is 0 Å². The molecule has 0 amide bonds. The molecule has 5 aromatic rings. The molecule has 0 bridgehead atoms.